The first-order chi connectivity index (χ1) is 10.4. The Labute approximate surface area is 130 Å². The van der Waals surface area contributed by atoms with Gasteiger partial charge in [0, 0.05) is 6.54 Å². The molecule has 0 saturated carbocycles. The van der Waals surface area contributed by atoms with Crippen LogP contribution in [0.3, 0.4) is 0 Å². The van der Waals surface area contributed by atoms with E-state index in [1.54, 1.807) is 0 Å². The van der Waals surface area contributed by atoms with E-state index < -0.39 is 0 Å². The Morgan fingerprint density at radius 2 is 1.48 bits per heavy atom. The molecule has 0 aromatic heterocycles. The van der Waals surface area contributed by atoms with Gasteiger partial charge in [0.2, 0.25) is 0 Å². The summed E-state index contributed by atoms with van der Waals surface area (Å²) in [5.41, 5.74) is 0. The highest BCUT2D eigenvalue weighted by Gasteiger charge is 2.02. The van der Waals surface area contributed by atoms with Crippen LogP contribution in [-0.4, -0.2) is 26.3 Å². The van der Waals surface area contributed by atoms with Gasteiger partial charge in [-0.05, 0) is 32.0 Å². The molecule has 0 radical (unpaired) electrons. The second kappa shape index (κ2) is 12.5. The van der Waals surface area contributed by atoms with Crippen molar-refractivity contribution in [2.75, 3.05) is 26.3 Å². The van der Waals surface area contributed by atoms with Crippen LogP contribution in [0.2, 0.25) is 0 Å². The van der Waals surface area contributed by atoms with Crippen molar-refractivity contribution in [2.24, 2.45) is 0 Å². The SMILES string of the molecule is CCCCCCCCNCCOc1ccccc1OCC. The molecule has 3 heteroatoms. The van der Waals surface area contributed by atoms with Crippen molar-refractivity contribution in [1.29, 1.82) is 0 Å². The molecule has 0 heterocycles. The van der Waals surface area contributed by atoms with Crippen LogP contribution >= 0.6 is 0 Å². The molecule has 1 rings (SSSR count). The lowest BCUT2D eigenvalue weighted by Gasteiger charge is -2.11. The van der Waals surface area contributed by atoms with Crippen molar-refractivity contribution < 1.29 is 9.47 Å². The van der Waals surface area contributed by atoms with E-state index in [9.17, 15) is 0 Å². The predicted octanol–water partition coefficient (Wildman–Crippen LogP) is 4.41. The smallest absolute Gasteiger partial charge is 0.161 e. The Hall–Kier alpha value is -1.22. The molecule has 0 bridgehead atoms. The van der Waals surface area contributed by atoms with E-state index in [4.69, 9.17) is 9.47 Å². The molecule has 3 nitrogen and oxygen atoms in total. The summed E-state index contributed by atoms with van der Waals surface area (Å²) in [7, 11) is 0. The Morgan fingerprint density at radius 1 is 0.810 bits per heavy atom. The van der Waals surface area contributed by atoms with E-state index in [1.807, 2.05) is 31.2 Å². The molecule has 0 fully saturated rings. The summed E-state index contributed by atoms with van der Waals surface area (Å²) >= 11 is 0. The van der Waals surface area contributed by atoms with Gasteiger partial charge in [-0.15, -0.1) is 0 Å². The average Bonchev–Trinajstić information content (AvgIpc) is 2.51. The lowest BCUT2D eigenvalue weighted by molar-refractivity contribution is 0.275. The third kappa shape index (κ3) is 8.61. The number of hydrogen-bond acceptors (Lipinski definition) is 3. The molecule has 1 aromatic carbocycles. The van der Waals surface area contributed by atoms with Crippen molar-refractivity contribution >= 4 is 0 Å². The Balaban J connectivity index is 2.01. The lowest BCUT2D eigenvalue weighted by Crippen LogP contribution is -2.22. The van der Waals surface area contributed by atoms with Gasteiger partial charge in [-0.2, -0.15) is 0 Å². The Bertz CT molecular complexity index is 355. The Kier molecular flexibility index (Phi) is 10.6. The van der Waals surface area contributed by atoms with Crippen LogP contribution in [0.25, 0.3) is 0 Å². The predicted molar refractivity (Wildman–Crippen MR) is 89.4 cm³/mol. The number of unbranched alkanes of at least 4 members (excludes halogenated alkanes) is 5. The second-order valence-electron chi connectivity index (χ2n) is 5.25. The summed E-state index contributed by atoms with van der Waals surface area (Å²) < 4.78 is 11.3. The molecular weight excluding hydrogens is 262 g/mol. The van der Waals surface area contributed by atoms with Crippen LogP contribution in [0.5, 0.6) is 11.5 Å². The summed E-state index contributed by atoms with van der Waals surface area (Å²) in [5.74, 6) is 1.66. The second-order valence-corrected chi connectivity index (χ2v) is 5.25. The number of ether oxygens (including phenoxy) is 2. The van der Waals surface area contributed by atoms with Crippen molar-refractivity contribution in [3.8, 4) is 11.5 Å². The van der Waals surface area contributed by atoms with Gasteiger partial charge in [-0.25, -0.2) is 0 Å². The normalized spacial score (nSPS) is 10.6. The number of rotatable bonds is 13. The third-order valence-corrected chi connectivity index (χ3v) is 3.39. The van der Waals surface area contributed by atoms with Gasteiger partial charge in [-0.1, -0.05) is 51.2 Å². The van der Waals surface area contributed by atoms with Crippen molar-refractivity contribution in [3.63, 3.8) is 0 Å². The zero-order valence-corrected chi connectivity index (χ0v) is 13.7. The number of benzene rings is 1. The summed E-state index contributed by atoms with van der Waals surface area (Å²) in [6, 6.07) is 7.84. The first kappa shape index (κ1) is 17.8. The maximum absolute atomic E-state index is 5.76. The highest BCUT2D eigenvalue weighted by atomic mass is 16.5. The van der Waals surface area contributed by atoms with E-state index in [0.29, 0.717) is 13.2 Å². The molecule has 0 aliphatic rings. The monoisotopic (exact) mass is 293 g/mol. The topological polar surface area (TPSA) is 30.5 Å². The molecule has 0 aliphatic carbocycles. The zero-order valence-electron chi connectivity index (χ0n) is 13.7. The highest BCUT2D eigenvalue weighted by Crippen LogP contribution is 2.25. The molecule has 1 aromatic rings. The van der Waals surface area contributed by atoms with Gasteiger partial charge in [0.05, 0.1) is 6.61 Å². The molecular formula is C18H31NO2. The minimum absolute atomic E-state index is 0.663. The highest BCUT2D eigenvalue weighted by molar-refractivity contribution is 5.39. The van der Waals surface area contributed by atoms with Crippen molar-refractivity contribution in [3.05, 3.63) is 24.3 Å². The molecule has 21 heavy (non-hydrogen) atoms. The van der Waals surface area contributed by atoms with Crippen LogP contribution in [0.1, 0.15) is 52.4 Å². The van der Waals surface area contributed by atoms with Gasteiger partial charge in [0.25, 0.3) is 0 Å². The van der Waals surface area contributed by atoms with Crippen LogP contribution in [0.4, 0.5) is 0 Å². The van der Waals surface area contributed by atoms with Crippen molar-refractivity contribution in [2.45, 2.75) is 52.4 Å². The van der Waals surface area contributed by atoms with Gasteiger partial charge in [0.15, 0.2) is 11.5 Å². The summed E-state index contributed by atoms with van der Waals surface area (Å²) in [6.45, 7) is 7.55. The summed E-state index contributed by atoms with van der Waals surface area (Å²) in [4.78, 5) is 0. The number of nitrogens with one attached hydrogen (secondary N) is 1. The summed E-state index contributed by atoms with van der Waals surface area (Å²) in [5, 5.41) is 3.43. The van der Waals surface area contributed by atoms with Crippen LogP contribution in [0, 0.1) is 0 Å². The van der Waals surface area contributed by atoms with E-state index in [2.05, 4.69) is 12.2 Å². The molecule has 0 spiro atoms. The van der Waals surface area contributed by atoms with Gasteiger partial charge < -0.3 is 14.8 Å². The first-order valence-electron chi connectivity index (χ1n) is 8.43. The first-order valence-corrected chi connectivity index (χ1v) is 8.43. The number of hydrogen-bond donors (Lipinski definition) is 1. The molecule has 1 N–H and O–H groups in total. The lowest BCUT2D eigenvalue weighted by atomic mass is 10.1. The van der Waals surface area contributed by atoms with E-state index >= 15 is 0 Å². The largest absolute Gasteiger partial charge is 0.490 e. The molecule has 0 aliphatic heterocycles. The maximum atomic E-state index is 5.76. The molecule has 0 amide bonds. The average molecular weight is 293 g/mol. The van der Waals surface area contributed by atoms with E-state index in [-0.39, 0.29) is 0 Å². The third-order valence-electron chi connectivity index (χ3n) is 3.39. The van der Waals surface area contributed by atoms with Crippen LogP contribution in [-0.2, 0) is 0 Å². The minimum atomic E-state index is 0.663. The van der Waals surface area contributed by atoms with Crippen molar-refractivity contribution in [1.82, 2.24) is 5.32 Å². The molecule has 0 saturated heterocycles. The Morgan fingerprint density at radius 3 is 2.19 bits per heavy atom. The van der Waals surface area contributed by atoms with Gasteiger partial charge in [-0.3, -0.25) is 0 Å². The maximum Gasteiger partial charge on any atom is 0.161 e. The fourth-order valence-corrected chi connectivity index (χ4v) is 2.23. The zero-order chi connectivity index (χ0) is 15.2. The van der Waals surface area contributed by atoms with E-state index in [0.717, 1.165) is 24.6 Å². The standard InChI is InChI=1S/C18H31NO2/c1-3-5-6-7-8-11-14-19-15-16-21-18-13-10-9-12-17(18)20-4-2/h9-10,12-13,19H,3-8,11,14-16H2,1-2H3. The fraction of sp³-hybridized carbons (Fsp3) is 0.667. The minimum Gasteiger partial charge on any atom is -0.490 e. The molecule has 0 atom stereocenters. The van der Waals surface area contributed by atoms with E-state index in [1.165, 1.54) is 38.5 Å². The molecule has 120 valence electrons. The number of para-hydroxylation sites is 2. The van der Waals surface area contributed by atoms with Gasteiger partial charge in [0.1, 0.15) is 6.61 Å². The van der Waals surface area contributed by atoms with Gasteiger partial charge >= 0.3 is 0 Å². The fourth-order valence-electron chi connectivity index (χ4n) is 2.23. The summed E-state index contributed by atoms with van der Waals surface area (Å²) in [6.07, 6.45) is 8.04. The quantitative estimate of drug-likeness (QED) is 0.546. The van der Waals surface area contributed by atoms with Crippen LogP contribution in [0.15, 0.2) is 24.3 Å². The van der Waals surface area contributed by atoms with Crippen LogP contribution < -0.4 is 14.8 Å². The molecule has 0 unspecified atom stereocenters.